The molecule has 33 heavy (non-hydrogen) atoms. The van der Waals surface area contributed by atoms with Crippen LogP contribution in [0.15, 0.2) is 36.8 Å². The minimum atomic E-state index is -0.667. The van der Waals surface area contributed by atoms with Crippen molar-refractivity contribution in [1.82, 2.24) is 19.5 Å². The molecule has 168 valence electrons. The van der Waals surface area contributed by atoms with Gasteiger partial charge in [-0.05, 0) is 49.8 Å². The highest BCUT2D eigenvalue weighted by Crippen LogP contribution is 2.56. The molecule has 7 heteroatoms. The molecular formula is C26H27N5O2. The molecule has 0 saturated heterocycles. The van der Waals surface area contributed by atoms with Crippen LogP contribution in [0.3, 0.4) is 0 Å². The van der Waals surface area contributed by atoms with Crippen molar-refractivity contribution in [3.63, 3.8) is 0 Å². The first-order valence-corrected chi connectivity index (χ1v) is 11.3. The summed E-state index contributed by atoms with van der Waals surface area (Å²) in [5.74, 6) is 0.663. The number of ketones is 1. The maximum absolute atomic E-state index is 13.1. The highest BCUT2D eigenvalue weighted by Gasteiger charge is 2.56. The predicted octanol–water partition coefficient (Wildman–Crippen LogP) is 3.79. The van der Waals surface area contributed by atoms with Crippen LogP contribution in [-0.2, 0) is 23.7 Å². The summed E-state index contributed by atoms with van der Waals surface area (Å²) in [6.45, 7) is 3.89. The minimum absolute atomic E-state index is 0.0488. The van der Waals surface area contributed by atoms with E-state index in [0.717, 1.165) is 46.8 Å². The largest absolute Gasteiger partial charge is 0.497 e. The van der Waals surface area contributed by atoms with Crippen LogP contribution in [0.5, 0.6) is 5.75 Å². The summed E-state index contributed by atoms with van der Waals surface area (Å²) < 4.78 is 7.37. The second kappa shape index (κ2) is 7.80. The van der Waals surface area contributed by atoms with Gasteiger partial charge in [0.05, 0.1) is 42.8 Å². The number of fused-ring (bicyclic) bond motifs is 3. The summed E-state index contributed by atoms with van der Waals surface area (Å²) in [6, 6.07) is 10.3. The van der Waals surface area contributed by atoms with Crippen LogP contribution < -0.4 is 4.74 Å². The topological polar surface area (TPSA) is 93.7 Å². The number of methoxy groups -OCH3 is 1. The van der Waals surface area contributed by atoms with E-state index in [-0.39, 0.29) is 17.6 Å². The second-order valence-corrected chi connectivity index (χ2v) is 9.26. The molecule has 0 radical (unpaired) electrons. The molecule has 7 nitrogen and oxygen atoms in total. The van der Waals surface area contributed by atoms with Crippen molar-refractivity contribution >= 4 is 5.78 Å². The van der Waals surface area contributed by atoms with Gasteiger partial charge >= 0.3 is 0 Å². The molecule has 3 aromatic rings. The van der Waals surface area contributed by atoms with Crippen LogP contribution in [0.4, 0.5) is 0 Å². The molecule has 2 aromatic heterocycles. The monoisotopic (exact) mass is 441 g/mol. The van der Waals surface area contributed by atoms with Crippen molar-refractivity contribution in [2.45, 2.75) is 38.5 Å². The number of imidazole rings is 1. The molecule has 2 heterocycles. The quantitative estimate of drug-likeness (QED) is 0.614. The molecule has 2 aliphatic carbocycles. The number of nitriles is 1. The number of carbonyl (C=O) groups is 1. The van der Waals surface area contributed by atoms with Crippen LogP contribution in [0.25, 0.3) is 11.4 Å². The van der Waals surface area contributed by atoms with E-state index < -0.39 is 11.3 Å². The lowest BCUT2D eigenvalue weighted by Crippen LogP contribution is -2.53. The van der Waals surface area contributed by atoms with Crippen molar-refractivity contribution in [1.29, 1.82) is 5.26 Å². The Morgan fingerprint density at radius 3 is 2.64 bits per heavy atom. The van der Waals surface area contributed by atoms with Crippen LogP contribution in [0, 0.1) is 36.0 Å². The number of nitrogens with zero attached hydrogens (tertiary/aromatic N) is 5. The van der Waals surface area contributed by atoms with E-state index in [2.05, 4.69) is 23.2 Å². The van der Waals surface area contributed by atoms with E-state index in [9.17, 15) is 10.1 Å². The highest BCUT2D eigenvalue weighted by atomic mass is 16.5. The molecule has 0 aliphatic heterocycles. The average Bonchev–Trinajstić information content (AvgIpc) is 3.26. The third-order valence-electron chi connectivity index (χ3n) is 7.62. The fourth-order valence-corrected chi connectivity index (χ4v) is 6.05. The van der Waals surface area contributed by atoms with Crippen LogP contribution in [0.2, 0.25) is 0 Å². The number of Topliss-reactive ketones (excluding diaryl/α,β-unsaturated/α-hetero) is 1. The number of aryl methyl sites for hydroxylation is 2. The van der Waals surface area contributed by atoms with Crippen molar-refractivity contribution in [3.05, 3.63) is 59.4 Å². The molecule has 0 spiro atoms. The molecule has 2 aliphatic rings. The van der Waals surface area contributed by atoms with Crippen LogP contribution >= 0.6 is 0 Å². The van der Waals surface area contributed by atoms with Crippen molar-refractivity contribution < 1.29 is 9.53 Å². The standard InChI is InChI=1S/C26H27N5O2/c1-15-21-10-9-20-23(22-13-28-14-31(22)3)29-16(2)30-25(20)26(21,11-17(12-27)24(15)32)18-5-7-19(33-4)8-6-18/h5-8,13-15,17,21H,9-11H2,1-4H3/t15-,17?,21-,26-/m0/s1. The van der Waals surface area contributed by atoms with E-state index in [0.29, 0.717) is 12.2 Å². The smallest absolute Gasteiger partial charge is 0.153 e. The Balaban J connectivity index is 1.82. The zero-order valence-electron chi connectivity index (χ0n) is 19.4. The number of hydrogen-bond acceptors (Lipinski definition) is 6. The summed E-state index contributed by atoms with van der Waals surface area (Å²) >= 11 is 0. The van der Waals surface area contributed by atoms with Crippen LogP contribution in [-0.4, -0.2) is 32.4 Å². The fraction of sp³-hybridized carbons (Fsp3) is 0.423. The summed E-state index contributed by atoms with van der Waals surface area (Å²) in [5.41, 5.74) is 4.40. The molecule has 5 rings (SSSR count). The van der Waals surface area contributed by atoms with Gasteiger partial charge in [-0.2, -0.15) is 5.26 Å². The lowest BCUT2D eigenvalue weighted by molar-refractivity contribution is -0.131. The van der Waals surface area contributed by atoms with Crippen molar-refractivity contribution in [2.75, 3.05) is 7.11 Å². The fourth-order valence-electron chi connectivity index (χ4n) is 6.05. The number of benzene rings is 1. The van der Waals surface area contributed by atoms with Crippen molar-refractivity contribution in [2.24, 2.45) is 24.8 Å². The molecule has 1 fully saturated rings. The van der Waals surface area contributed by atoms with Crippen LogP contribution in [0.1, 0.15) is 42.4 Å². The van der Waals surface area contributed by atoms with Gasteiger partial charge in [0.2, 0.25) is 0 Å². The van der Waals surface area contributed by atoms with Gasteiger partial charge < -0.3 is 9.30 Å². The minimum Gasteiger partial charge on any atom is -0.497 e. The van der Waals surface area contributed by atoms with Gasteiger partial charge in [0.25, 0.3) is 0 Å². The number of rotatable bonds is 3. The normalized spacial score (nSPS) is 26.3. The lowest BCUT2D eigenvalue weighted by Gasteiger charge is -2.51. The Morgan fingerprint density at radius 2 is 2.00 bits per heavy atom. The Kier molecular flexibility index (Phi) is 5.04. The zero-order chi connectivity index (χ0) is 23.3. The Bertz CT molecular complexity index is 1270. The van der Waals surface area contributed by atoms with E-state index in [1.165, 1.54) is 0 Å². The van der Waals surface area contributed by atoms with Gasteiger partial charge in [-0.25, -0.2) is 15.0 Å². The first-order valence-electron chi connectivity index (χ1n) is 11.3. The molecule has 4 atom stereocenters. The van der Waals surface area contributed by atoms with Gasteiger partial charge in [0.1, 0.15) is 17.5 Å². The predicted molar refractivity (Wildman–Crippen MR) is 122 cm³/mol. The number of hydrogen-bond donors (Lipinski definition) is 0. The zero-order valence-corrected chi connectivity index (χ0v) is 19.4. The molecule has 1 saturated carbocycles. The van der Waals surface area contributed by atoms with E-state index in [4.69, 9.17) is 14.7 Å². The highest BCUT2D eigenvalue weighted by molar-refractivity contribution is 5.87. The molecule has 0 amide bonds. The summed E-state index contributed by atoms with van der Waals surface area (Å²) in [4.78, 5) is 27.2. The summed E-state index contributed by atoms with van der Waals surface area (Å²) in [5, 5.41) is 9.92. The number of carbonyl (C=O) groups excluding carboxylic acids is 1. The maximum Gasteiger partial charge on any atom is 0.153 e. The first kappa shape index (κ1) is 21.3. The molecular weight excluding hydrogens is 414 g/mol. The van der Waals surface area contributed by atoms with E-state index in [1.807, 2.05) is 43.8 Å². The molecule has 1 unspecified atom stereocenters. The average molecular weight is 442 g/mol. The SMILES string of the molecule is COc1ccc([C@@]23CC(C#N)C(=O)[C@@H](C)[C@@H]2CCc2c(-c4cncn4C)nc(C)nc23)cc1. The second-order valence-electron chi connectivity index (χ2n) is 9.26. The third kappa shape index (κ3) is 3.08. The Labute approximate surface area is 193 Å². The van der Waals surface area contributed by atoms with Gasteiger partial charge in [-0.1, -0.05) is 19.1 Å². The Hall–Kier alpha value is -3.53. The number of aromatic nitrogens is 4. The summed E-state index contributed by atoms with van der Waals surface area (Å²) in [6.07, 6.45) is 5.66. The van der Waals surface area contributed by atoms with Crippen molar-refractivity contribution in [3.8, 4) is 23.2 Å². The molecule has 0 N–H and O–H groups in total. The maximum atomic E-state index is 13.1. The van der Waals surface area contributed by atoms with Gasteiger partial charge in [-0.3, -0.25) is 4.79 Å². The van der Waals surface area contributed by atoms with E-state index >= 15 is 0 Å². The lowest BCUT2D eigenvalue weighted by atomic mass is 9.51. The summed E-state index contributed by atoms with van der Waals surface area (Å²) in [7, 11) is 3.61. The first-order chi connectivity index (χ1) is 15.9. The van der Waals surface area contributed by atoms with Gasteiger partial charge in [-0.15, -0.1) is 0 Å². The number of ether oxygens (including phenoxy) is 1. The van der Waals surface area contributed by atoms with Gasteiger partial charge in [0, 0.05) is 23.9 Å². The molecule has 0 bridgehead atoms. The van der Waals surface area contributed by atoms with E-state index in [1.54, 1.807) is 13.4 Å². The third-order valence-corrected chi connectivity index (χ3v) is 7.62. The Morgan fingerprint density at radius 1 is 1.24 bits per heavy atom. The molecule has 1 aromatic carbocycles. The van der Waals surface area contributed by atoms with Gasteiger partial charge in [0.15, 0.2) is 5.78 Å².